The number of hydrogen-bond acceptors (Lipinski definition) is 5. The Morgan fingerprint density at radius 2 is 2.32 bits per heavy atom. The number of methoxy groups -OCH3 is 1. The molecule has 1 aliphatic rings. The number of aryl methyl sites for hydroxylation is 1. The first-order valence-corrected chi connectivity index (χ1v) is 7.36. The molecule has 0 saturated carbocycles. The number of hydrogen-bond donors (Lipinski definition) is 0. The van der Waals surface area contributed by atoms with E-state index in [0.29, 0.717) is 31.2 Å². The lowest BCUT2D eigenvalue weighted by atomic mass is 9.97. The normalized spacial score (nSPS) is 18.5. The maximum Gasteiger partial charge on any atom is 0.231 e. The zero-order valence-corrected chi connectivity index (χ0v) is 12.8. The summed E-state index contributed by atoms with van der Waals surface area (Å²) in [6.07, 6.45) is 1.27. The number of rotatable bonds is 4. The van der Waals surface area contributed by atoms with Gasteiger partial charge in [-0.05, 0) is 31.0 Å². The van der Waals surface area contributed by atoms with Gasteiger partial charge in [0.25, 0.3) is 0 Å². The van der Waals surface area contributed by atoms with Crippen molar-refractivity contribution >= 4 is 5.91 Å². The third-order valence-electron chi connectivity index (χ3n) is 3.90. The summed E-state index contributed by atoms with van der Waals surface area (Å²) >= 11 is 0. The van der Waals surface area contributed by atoms with Gasteiger partial charge in [0, 0.05) is 19.5 Å². The number of nitrogens with zero attached hydrogens (tertiary/aromatic N) is 3. The summed E-state index contributed by atoms with van der Waals surface area (Å²) in [5.74, 6) is 2.33. The van der Waals surface area contributed by atoms with Crippen LogP contribution in [-0.2, 0) is 11.3 Å². The number of benzene rings is 1. The van der Waals surface area contributed by atoms with Crippen molar-refractivity contribution < 1.29 is 14.1 Å². The molecule has 6 nitrogen and oxygen atoms in total. The fraction of sp³-hybridized carbons (Fsp3) is 0.438. The Labute approximate surface area is 129 Å². The summed E-state index contributed by atoms with van der Waals surface area (Å²) in [5.41, 5.74) is 1.05. The lowest BCUT2D eigenvalue weighted by Gasteiger charge is -2.31. The van der Waals surface area contributed by atoms with Crippen LogP contribution in [0, 0.1) is 6.92 Å². The maximum atomic E-state index is 12.2. The molecule has 22 heavy (non-hydrogen) atoms. The van der Waals surface area contributed by atoms with Crippen molar-refractivity contribution in [3.63, 3.8) is 0 Å². The van der Waals surface area contributed by atoms with Crippen molar-refractivity contribution in [2.24, 2.45) is 0 Å². The first kappa shape index (κ1) is 14.6. The highest BCUT2D eigenvalue weighted by Crippen LogP contribution is 2.27. The molecule has 0 radical (unpaired) electrons. The average Bonchev–Trinajstić information content (AvgIpc) is 2.96. The summed E-state index contributed by atoms with van der Waals surface area (Å²) in [7, 11) is 1.64. The molecule has 116 valence electrons. The van der Waals surface area contributed by atoms with E-state index in [1.165, 1.54) is 0 Å². The van der Waals surface area contributed by atoms with Crippen molar-refractivity contribution in [1.29, 1.82) is 0 Å². The molecule has 0 N–H and O–H groups in total. The van der Waals surface area contributed by atoms with Crippen LogP contribution in [0.5, 0.6) is 5.75 Å². The van der Waals surface area contributed by atoms with Gasteiger partial charge in [-0.25, -0.2) is 0 Å². The second-order valence-corrected chi connectivity index (χ2v) is 5.54. The van der Waals surface area contributed by atoms with Crippen LogP contribution >= 0.6 is 0 Å². The quantitative estimate of drug-likeness (QED) is 0.866. The van der Waals surface area contributed by atoms with Gasteiger partial charge in [0.1, 0.15) is 5.75 Å². The minimum atomic E-state index is 0.115. The Balaban J connectivity index is 1.72. The minimum Gasteiger partial charge on any atom is -0.497 e. The number of piperidine rings is 1. The SMILES string of the molecule is COc1cccc(CN2CC(c3nc(C)no3)CCC2=O)c1. The van der Waals surface area contributed by atoms with Crippen LogP contribution in [0.25, 0.3) is 0 Å². The highest BCUT2D eigenvalue weighted by Gasteiger charge is 2.30. The van der Waals surface area contributed by atoms with Gasteiger partial charge in [-0.2, -0.15) is 4.98 Å². The van der Waals surface area contributed by atoms with E-state index in [4.69, 9.17) is 9.26 Å². The highest BCUT2D eigenvalue weighted by atomic mass is 16.5. The molecule has 0 aliphatic carbocycles. The number of aromatic nitrogens is 2. The molecule has 1 amide bonds. The van der Waals surface area contributed by atoms with Crippen LogP contribution in [0.3, 0.4) is 0 Å². The van der Waals surface area contributed by atoms with Gasteiger partial charge in [0.2, 0.25) is 11.8 Å². The number of ether oxygens (including phenoxy) is 1. The van der Waals surface area contributed by atoms with Gasteiger partial charge in [-0.15, -0.1) is 0 Å². The van der Waals surface area contributed by atoms with Gasteiger partial charge in [-0.3, -0.25) is 4.79 Å². The summed E-state index contributed by atoms with van der Waals surface area (Å²) in [6, 6.07) is 7.77. The molecular formula is C16H19N3O3. The zero-order chi connectivity index (χ0) is 15.5. The van der Waals surface area contributed by atoms with E-state index >= 15 is 0 Å². The fourth-order valence-electron chi connectivity index (χ4n) is 2.74. The zero-order valence-electron chi connectivity index (χ0n) is 12.8. The van der Waals surface area contributed by atoms with E-state index in [1.54, 1.807) is 14.0 Å². The molecule has 0 spiro atoms. The molecular weight excluding hydrogens is 282 g/mol. The van der Waals surface area contributed by atoms with Crippen molar-refractivity contribution in [3.05, 3.63) is 41.5 Å². The summed E-state index contributed by atoms with van der Waals surface area (Å²) in [6.45, 7) is 2.98. The van der Waals surface area contributed by atoms with Crippen molar-refractivity contribution in [2.45, 2.75) is 32.2 Å². The molecule has 1 aromatic carbocycles. The van der Waals surface area contributed by atoms with Crippen molar-refractivity contribution in [1.82, 2.24) is 15.0 Å². The smallest absolute Gasteiger partial charge is 0.231 e. The molecule has 2 aromatic rings. The van der Waals surface area contributed by atoms with E-state index in [9.17, 15) is 4.79 Å². The largest absolute Gasteiger partial charge is 0.497 e. The van der Waals surface area contributed by atoms with E-state index < -0.39 is 0 Å². The van der Waals surface area contributed by atoms with Gasteiger partial charge in [0.15, 0.2) is 5.82 Å². The number of carbonyl (C=O) groups excluding carboxylic acids is 1. The van der Waals surface area contributed by atoms with Gasteiger partial charge in [-0.1, -0.05) is 17.3 Å². The molecule has 1 atom stereocenters. The molecule has 1 aliphatic heterocycles. The monoisotopic (exact) mass is 301 g/mol. The Bertz CT molecular complexity index is 668. The second kappa shape index (κ2) is 6.17. The minimum absolute atomic E-state index is 0.115. The van der Waals surface area contributed by atoms with Gasteiger partial charge >= 0.3 is 0 Å². The fourth-order valence-corrected chi connectivity index (χ4v) is 2.74. The summed E-state index contributed by atoms with van der Waals surface area (Å²) in [4.78, 5) is 18.3. The number of likely N-dealkylation sites (tertiary alicyclic amines) is 1. The maximum absolute atomic E-state index is 12.2. The number of amides is 1. The molecule has 2 heterocycles. The molecule has 1 aromatic heterocycles. The first-order chi connectivity index (χ1) is 10.7. The predicted octanol–water partition coefficient (Wildman–Crippen LogP) is 2.29. The highest BCUT2D eigenvalue weighted by molar-refractivity contribution is 5.77. The summed E-state index contributed by atoms with van der Waals surface area (Å²) in [5, 5.41) is 3.84. The Morgan fingerprint density at radius 1 is 1.45 bits per heavy atom. The van der Waals surface area contributed by atoms with Crippen molar-refractivity contribution in [3.8, 4) is 5.75 Å². The van der Waals surface area contributed by atoms with Crippen LogP contribution < -0.4 is 4.74 Å². The molecule has 3 rings (SSSR count). The number of carbonyl (C=O) groups is 1. The second-order valence-electron chi connectivity index (χ2n) is 5.54. The van der Waals surface area contributed by atoms with Gasteiger partial charge in [0.05, 0.1) is 13.0 Å². The van der Waals surface area contributed by atoms with E-state index in [-0.39, 0.29) is 11.8 Å². The first-order valence-electron chi connectivity index (χ1n) is 7.36. The topological polar surface area (TPSA) is 68.5 Å². The lowest BCUT2D eigenvalue weighted by Crippen LogP contribution is -2.38. The molecule has 6 heteroatoms. The average molecular weight is 301 g/mol. The summed E-state index contributed by atoms with van der Waals surface area (Å²) < 4.78 is 10.5. The Hall–Kier alpha value is -2.37. The van der Waals surface area contributed by atoms with E-state index in [0.717, 1.165) is 17.7 Å². The van der Waals surface area contributed by atoms with E-state index in [1.807, 2.05) is 29.2 Å². The molecule has 1 unspecified atom stereocenters. The van der Waals surface area contributed by atoms with Crippen LogP contribution in [0.15, 0.2) is 28.8 Å². The van der Waals surface area contributed by atoms with Crippen LogP contribution in [-0.4, -0.2) is 34.6 Å². The van der Waals surface area contributed by atoms with E-state index in [2.05, 4.69) is 10.1 Å². The van der Waals surface area contributed by atoms with Crippen molar-refractivity contribution in [2.75, 3.05) is 13.7 Å². The van der Waals surface area contributed by atoms with Crippen LogP contribution in [0.4, 0.5) is 0 Å². The Kier molecular flexibility index (Phi) is 4.09. The molecule has 1 saturated heterocycles. The Morgan fingerprint density at radius 3 is 3.05 bits per heavy atom. The third-order valence-corrected chi connectivity index (χ3v) is 3.90. The van der Waals surface area contributed by atoms with Gasteiger partial charge < -0.3 is 14.2 Å². The molecule has 0 bridgehead atoms. The lowest BCUT2D eigenvalue weighted by molar-refractivity contribution is -0.134. The standard InChI is InChI=1S/C16H19N3O3/c1-11-17-16(22-18-11)13-6-7-15(20)19(10-13)9-12-4-3-5-14(8-12)21-2/h3-5,8,13H,6-7,9-10H2,1-2H3. The predicted molar refractivity (Wildman–Crippen MR) is 79.4 cm³/mol. The third kappa shape index (κ3) is 3.10. The van der Waals surface area contributed by atoms with Crippen LogP contribution in [0.1, 0.15) is 36.0 Å². The molecule has 1 fully saturated rings. The van der Waals surface area contributed by atoms with Crippen LogP contribution in [0.2, 0.25) is 0 Å².